The van der Waals surface area contributed by atoms with Gasteiger partial charge in [0.2, 0.25) is 6.04 Å². The zero-order valence-corrected chi connectivity index (χ0v) is 25.0. The number of anilines is 1. The van der Waals surface area contributed by atoms with Crippen molar-refractivity contribution in [3.05, 3.63) is 178 Å². The number of nitrogens with one attached hydrogen (secondary N) is 1. The fourth-order valence-electron chi connectivity index (χ4n) is 5.78. The fourth-order valence-corrected chi connectivity index (χ4v) is 5.78. The normalized spacial score (nSPS) is 13.1. The quantitative estimate of drug-likeness (QED) is 0.101. The standard InChI is InChI=1S/C38H39N3O3/c1-44-35-24-22-34(23-25-35)39-38(37(41(42)43)27-31-16-8-3-9-17-31)36(26-30-14-6-2-7-15-30)40(28-32-18-10-4-11-19-32)29-33-20-12-5-13-21-33/h2-25,36-39H,26-29H2,1H3/t36-,37?,38?/m0/s1. The summed E-state index contributed by atoms with van der Waals surface area (Å²) in [4.78, 5) is 15.4. The van der Waals surface area contributed by atoms with Crippen LogP contribution >= 0.6 is 0 Å². The summed E-state index contributed by atoms with van der Waals surface area (Å²) in [6.07, 6.45) is 0.935. The molecule has 2 unspecified atom stereocenters. The molecule has 0 bridgehead atoms. The topological polar surface area (TPSA) is 67.6 Å². The highest BCUT2D eigenvalue weighted by atomic mass is 16.6. The molecule has 0 aliphatic rings. The Morgan fingerprint density at radius 2 is 1.07 bits per heavy atom. The molecule has 0 saturated carbocycles. The molecule has 224 valence electrons. The maximum atomic E-state index is 13.1. The summed E-state index contributed by atoms with van der Waals surface area (Å²) in [6.45, 7) is 1.29. The van der Waals surface area contributed by atoms with Crippen LogP contribution in [0.1, 0.15) is 22.3 Å². The number of methoxy groups -OCH3 is 1. The first-order valence-corrected chi connectivity index (χ1v) is 15.0. The van der Waals surface area contributed by atoms with E-state index in [9.17, 15) is 10.1 Å². The minimum Gasteiger partial charge on any atom is -0.497 e. The minimum atomic E-state index is -0.901. The van der Waals surface area contributed by atoms with Gasteiger partial charge in [-0.1, -0.05) is 121 Å². The van der Waals surface area contributed by atoms with Crippen molar-refractivity contribution >= 4 is 5.69 Å². The van der Waals surface area contributed by atoms with Crippen LogP contribution in [0.5, 0.6) is 5.75 Å². The summed E-state index contributed by atoms with van der Waals surface area (Å²) in [7, 11) is 1.63. The summed E-state index contributed by atoms with van der Waals surface area (Å²) in [6, 6.07) is 46.7. The van der Waals surface area contributed by atoms with Gasteiger partial charge in [-0.15, -0.1) is 0 Å². The van der Waals surface area contributed by atoms with Crippen molar-refractivity contribution in [2.75, 3.05) is 12.4 Å². The van der Waals surface area contributed by atoms with E-state index in [-0.39, 0.29) is 11.0 Å². The average molecular weight is 586 g/mol. The lowest BCUT2D eigenvalue weighted by Crippen LogP contribution is -2.56. The number of benzene rings is 5. The summed E-state index contributed by atoms with van der Waals surface area (Å²) < 4.78 is 5.39. The highest BCUT2D eigenvalue weighted by molar-refractivity contribution is 5.48. The third-order valence-corrected chi connectivity index (χ3v) is 8.02. The van der Waals surface area contributed by atoms with Crippen LogP contribution in [0.25, 0.3) is 0 Å². The number of hydrogen-bond donors (Lipinski definition) is 1. The average Bonchev–Trinajstić information content (AvgIpc) is 3.07. The Kier molecular flexibility index (Phi) is 10.8. The van der Waals surface area contributed by atoms with E-state index in [0.29, 0.717) is 25.9 Å². The molecule has 0 amide bonds. The Morgan fingerprint density at radius 3 is 1.50 bits per heavy atom. The summed E-state index contributed by atoms with van der Waals surface area (Å²) in [5.74, 6) is 0.734. The highest BCUT2D eigenvalue weighted by Crippen LogP contribution is 2.27. The van der Waals surface area contributed by atoms with E-state index in [4.69, 9.17) is 4.74 Å². The predicted octanol–water partition coefficient (Wildman–Crippen LogP) is 7.68. The van der Waals surface area contributed by atoms with E-state index in [1.165, 1.54) is 0 Å². The maximum Gasteiger partial charge on any atom is 0.238 e. The van der Waals surface area contributed by atoms with Gasteiger partial charge in [-0.3, -0.25) is 15.0 Å². The molecular weight excluding hydrogens is 546 g/mol. The molecule has 44 heavy (non-hydrogen) atoms. The monoisotopic (exact) mass is 585 g/mol. The SMILES string of the molecule is COc1ccc(NC(C(Cc2ccccc2)[N+](=O)[O-])[C@H](Cc2ccccc2)N(Cc2ccccc2)Cc2ccccc2)cc1. The first-order chi connectivity index (χ1) is 21.6. The molecule has 0 aliphatic carbocycles. The van der Waals surface area contributed by atoms with Crippen molar-refractivity contribution in [2.24, 2.45) is 0 Å². The first-order valence-electron chi connectivity index (χ1n) is 15.0. The smallest absolute Gasteiger partial charge is 0.238 e. The summed E-state index contributed by atoms with van der Waals surface area (Å²) in [5.41, 5.74) is 5.20. The Bertz CT molecular complexity index is 1510. The van der Waals surface area contributed by atoms with Gasteiger partial charge in [0.05, 0.1) is 7.11 Å². The van der Waals surface area contributed by atoms with E-state index >= 15 is 0 Å². The van der Waals surface area contributed by atoms with Crippen LogP contribution in [0.4, 0.5) is 5.69 Å². The fraction of sp³-hybridized carbons (Fsp3) is 0.211. The van der Waals surface area contributed by atoms with E-state index in [1.54, 1.807) is 7.11 Å². The lowest BCUT2D eigenvalue weighted by molar-refractivity contribution is -0.525. The Morgan fingerprint density at radius 1 is 0.636 bits per heavy atom. The van der Waals surface area contributed by atoms with Gasteiger partial charge >= 0.3 is 0 Å². The van der Waals surface area contributed by atoms with Gasteiger partial charge in [0.15, 0.2) is 0 Å². The Labute approximate surface area is 260 Å². The zero-order chi connectivity index (χ0) is 30.6. The number of nitro groups is 1. The van der Waals surface area contributed by atoms with Crippen LogP contribution < -0.4 is 10.1 Å². The molecule has 0 aliphatic heterocycles. The lowest BCUT2D eigenvalue weighted by Gasteiger charge is -2.39. The molecule has 0 heterocycles. The van der Waals surface area contributed by atoms with Crippen molar-refractivity contribution in [1.82, 2.24) is 4.90 Å². The van der Waals surface area contributed by atoms with E-state index in [1.807, 2.05) is 109 Å². The van der Waals surface area contributed by atoms with Crippen LogP contribution in [0.2, 0.25) is 0 Å². The van der Waals surface area contributed by atoms with Crippen molar-refractivity contribution in [3.8, 4) is 5.75 Å². The Balaban J connectivity index is 1.62. The van der Waals surface area contributed by atoms with Crippen LogP contribution in [0.3, 0.4) is 0 Å². The van der Waals surface area contributed by atoms with E-state index in [2.05, 4.69) is 46.6 Å². The molecule has 5 aromatic carbocycles. The minimum absolute atomic E-state index is 0.102. The molecule has 5 rings (SSSR count). The molecule has 5 aromatic rings. The molecular formula is C38H39N3O3. The summed E-state index contributed by atoms with van der Waals surface area (Å²) in [5, 5.41) is 16.7. The molecule has 0 fully saturated rings. The van der Waals surface area contributed by atoms with Crippen molar-refractivity contribution in [1.29, 1.82) is 0 Å². The second-order valence-corrected chi connectivity index (χ2v) is 11.1. The molecule has 0 spiro atoms. The lowest BCUT2D eigenvalue weighted by atomic mass is 9.88. The van der Waals surface area contributed by atoms with Gasteiger partial charge in [0.1, 0.15) is 11.8 Å². The van der Waals surface area contributed by atoms with Gasteiger partial charge in [-0.2, -0.15) is 0 Å². The van der Waals surface area contributed by atoms with E-state index < -0.39 is 12.1 Å². The van der Waals surface area contributed by atoms with E-state index in [0.717, 1.165) is 33.7 Å². The second-order valence-electron chi connectivity index (χ2n) is 11.1. The second kappa shape index (κ2) is 15.5. The van der Waals surface area contributed by atoms with Gasteiger partial charge in [0, 0.05) is 36.2 Å². The molecule has 0 saturated heterocycles. The molecule has 0 aromatic heterocycles. The Hall–Kier alpha value is -4.94. The van der Waals surface area contributed by atoms with Crippen molar-refractivity contribution in [2.45, 2.75) is 44.1 Å². The molecule has 6 heteroatoms. The predicted molar refractivity (Wildman–Crippen MR) is 177 cm³/mol. The number of ether oxygens (including phenoxy) is 1. The largest absolute Gasteiger partial charge is 0.497 e. The van der Waals surface area contributed by atoms with Crippen LogP contribution in [-0.2, 0) is 25.9 Å². The number of rotatable bonds is 15. The van der Waals surface area contributed by atoms with Gasteiger partial charge < -0.3 is 10.1 Å². The van der Waals surface area contributed by atoms with Crippen LogP contribution in [0.15, 0.2) is 146 Å². The first kappa shape index (κ1) is 30.5. The molecule has 6 nitrogen and oxygen atoms in total. The van der Waals surface area contributed by atoms with Gasteiger partial charge in [-0.25, -0.2) is 0 Å². The van der Waals surface area contributed by atoms with Crippen molar-refractivity contribution in [3.63, 3.8) is 0 Å². The third kappa shape index (κ3) is 8.55. The molecule has 3 atom stereocenters. The van der Waals surface area contributed by atoms with Crippen molar-refractivity contribution < 1.29 is 9.66 Å². The molecule has 1 N–H and O–H groups in total. The van der Waals surface area contributed by atoms with Gasteiger partial charge in [-0.05, 0) is 52.9 Å². The third-order valence-electron chi connectivity index (χ3n) is 8.02. The maximum absolute atomic E-state index is 13.1. The van der Waals surface area contributed by atoms with Crippen LogP contribution in [0, 0.1) is 10.1 Å². The highest BCUT2D eigenvalue weighted by Gasteiger charge is 2.40. The number of nitrogens with zero attached hydrogens (tertiary/aromatic N) is 2. The van der Waals surface area contributed by atoms with Gasteiger partial charge in [0.25, 0.3) is 0 Å². The number of hydrogen-bond acceptors (Lipinski definition) is 5. The summed E-state index contributed by atoms with van der Waals surface area (Å²) >= 11 is 0. The van der Waals surface area contributed by atoms with Crippen LogP contribution in [-0.4, -0.2) is 35.1 Å². The zero-order valence-electron chi connectivity index (χ0n) is 25.0. The molecule has 0 radical (unpaired) electrons.